The number of hydrogen-bond donors (Lipinski definition) is 1. The van der Waals surface area contributed by atoms with E-state index in [0.29, 0.717) is 31.2 Å². The summed E-state index contributed by atoms with van der Waals surface area (Å²) in [7, 11) is 1.93. The molecule has 0 amide bonds. The molecule has 0 aliphatic rings. The first-order valence-corrected chi connectivity index (χ1v) is 7.10. The second-order valence-corrected chi connectivity index (χ2v) is 6.19. The summed E-state index contributed by atoms with van der Waals surface area (Å²) in [5.41, 5.74) is 1.68. The molecule has 114 valence electrons. The summed E-state index contributed by atoms with van der Waals surface area (Å²) < 4.78 is 5.30. The second-order valence-electron chi connectivity index (χ2n) is 6.19. The number of aryl methyl sites for hydroxylation is 1. The van der Waals surface area contributed by atoms with Crippen molar-refractivity contribution in [1.82, 2.24) is 15.0 Å². The Morgan fingerprint density at radius 3 is 2.67 bits per heavy atom. The van der Waals surface area contributed by atoms with Gasteiger partial charge in [-0.15, -0.1) is 0 Å². The molecule has 0 spiro atoms. The van der Waals surface area contributed by atoms with Gasteiger partial charge in [-0.1, -0.05) is 29.4 Å². The Kier molecular flexibility index (Phi) is 4.75. The Morgan fingerprint density at radius 1 is 1.29 bits per heavy atom. The molecule has 0 aliphatic heterocycles. The molecule has 2 rings (SSSR count). The van der Waals surface area contributed by atoms with E-state index in [9.17, 15) is 5.11 Å². The average molecular weight is 289 g/mol. The van der Waals surface area contributed by atoms with Crippen molar-refractivity contribution in [2.24, 2.45) is 0 Å². The molecule has 1 heterocycles. The summed E-state index contributed by atoms with van der Waals surface area (Å²) in [5, 5.41) is 13.8. The summed E-state index contributed by atoms with van der Waals surface area (Å²) in [6.07, 6.45) is 0.648. The maximum Gasteiger partial charge on any atom is 0.231 e. The molecule has 21 heavy (non-hydrogen) atoms. The molecule has 5 heteroatoms. The van der Waals surface area contributed by atoms with Crippen LogP contribution in [-0.2, 0) is 13.0 Å². The van der Waals surface area contributed by atoms with E-state index in [0.717, 1.165) is 0 Å². The van der Waals surface area contributed by atoms with Gasteiger partial charge in [0.2, 0.25) is 5.89 Å². The highest BCUT2D eigenvalue weighted by atomic mass is 16.5. The van der Waals surface area contributed by atoms with Crippen LogP contribution in [0.4, 0.5) is 0 Å². The second kappa shape index (κ2) is 6.37. The van der Waals surface area contributed by atoms with Crippen molar-refractivity contribution in [1.29, 1.82) is 0 Å². The normalized spacial score (nSPS) is 12.1. The summed E-state index contributed by atoms with van der Waals surface area (Å²) in [4.78, 5) is 6.39. The third-order valence-electron chi connectivity index (χ3n) is 3.18. The number of rotatable bonds is 6. The van der Waals surface area contributed by atoms with Gasteiger partial charge in [-0.05, 0) is 38.9 Å². The standard InChI is InChI=1S/C16H23N3O2/c1-12-7-5-6-8-13(12)9-15-17-14(18-21-15)10-19(4)11-16(2,3)20/h5-8,20H,9-11H2,1-4H3. The van der Waals surface area contributed by atoms with Gasteiger partial charge in [0.05, 0.1) is 18.6 Å². The number of nitrogens with zero attached hydrogens (tertiary/aromatic N) is 3. The molecule has 0 unspecified atom stereocenters. The van der Waals surface area contributed by atoms with E-state index >= 15 is 0 Å². The lowest BCUT2D eigenvalue weighted by atomic mass is 10.1. The lowest BCUT2D eigenvalue weighted by molar-refractivity contribution is 0.0416. The largest absolute Gasteiger partial charge is 0.389 e. The molecule has 0 atom stereocenters. The fraction of sp³-hybridized carbons (Fsp3) is 0.500. The Morgan fingerprint density at radius 2 is 2.00 bits per heavy atom. The van der Waals surface area contributed by atoms with E-state index < -0.39 is 5.60 Å². The Balaban J connectivity index is 1.97. The highest BCUT2D eigenvalue weighted by Crippen LogP contribution is 2.13. The van der Waals surface area contributed by atoms with Crippen molar-refractivity contribution in [2.75, 3.05) is 13.6 Å². The monoisotopic (exact) mass is 289 g/mol. The molecule has 1 aromatic heterocycles. The third kappa shape index (κ3) is 4.95. The molecule has 0 radical (unpaired) electrons. The van der Waals surface area contributed by atoms with E-state index in [1.807, 2.05) is 24.1 Å². The molecule has 1 aromatic carbocycles. The summed E-state index contributed by atoms with van der Waals surface area (Å²) in [5.74, 6) is 1.27. The van der Waals surface area contributed by atoms with E-state index in [2.05, 4.69) is 29.2 Å². The zero-order chi connectivity index (χ0) is 15.5. The molecular formula is C16H23N3O2. The average Bonchev–Trinajstić information content (AvgIpc) is 2.77. The molecule has 2 aromatic rings. The smallest absolute Gasteiger partial charge is 0.231 e. The zero-order valence-electron chi connectivity index (χ0n) is 13.1. The van der Waals surface area contributed by atoms with E-state index in [1.165, 1.54) is 11.1 Å². The van der Waals surface area contributed by atoms with Gasteiger partial charge in [-0.25, -0.2) is 0 Å². The highest BCUT2D eigenvalue weighted by molar-refractivity contribution is 5.27. The highest BCUT2D eigenvalue weighted by Gasteiger charge is 2.17. The maximum atomic E-state index is 9.79. The van der Waals surface area contributed by atoms with Crippen LogP contribution in [0.3, 0.4) is 0 Å². The van der Waals surface area contributed by atoms with Crippen LogP contribution in [0.5, 0.6) is 0 Å². The summed E-state index contributed by atoms with van der Waals surface area (Å²) in [6.45, 7) is 6.74. The van der Waals surface area contributed by atoms with Gasteiger partial charge in [0.1, 0.15) is 0 Å². The van der Waals surface area contributed by atoms with Crippen molar-refractivity contribution in [3.63, 3.8) is 0 Å². The summed E-state index contributed by atoms with van der Waals surface area (Å²) in [6, 6.07) is 8.17. The van der Waals surface area contributed by atoms with Crippen LogP contribution in [0.2, 0.25) is 0 Å². The predicted octanol–water partition coefficient (Wildman–Crippen LogP) is 2.17. The van der Waals surface area contributed by atoms with Gasteiger partial charge in [0, 0.05) is 6.54 Å². The number of aromatic nitrogens is 2. The third-order valence-corrected chi connectivity index (χ3v) is 3.18. The molecule has 0 bridgehead atoms. The number of benzene rings is 1. The molecule has 0 saturated carbocycles. The zero-order valence-corrected chi connectivity index (χ0v) is 13.1. The van der Waals surface area contributed by atoms with Gasteiger partial charge in [-0.2, -0.15) is 4.98 Å². The predicted molar refractivity (Wildman–Crippen MR) is 80.9 cm³/mol. The van der Waals surface area contributed by atoms with Crippen LogP contribution in [0, 0.1) is 6.92 Å². The molecule has 0 fully saturated rings. The van der Waals surface area contributed by atoms with Crippen molar-refractivity contribution in [3.05, 3.63) is 47.1 Å². The quantitative estimate of drug-likeness (QED) is 0.883. The van der Waals surface area contributed by atoms with Gasteiger partial charge in [0.25, 0.3) is 0 Å². The van der Waals surface area contributed by atoms with Crippen molar-refractivity contribution in [3.8, 4) is 0 Å². The van der Waals surface area contributed by atoms with Crippen LogP contribution in [0.1, 0.15) is 36.7 Å². The number of hydrogen-bond acceptors (Lipinski definition) is 5. The summed E-state index contributed by atoms with van der Waals surface area (Å²) >= 11 is 0. The first kappa shape index (κ1) is 15.7. The van der Waals surface area contributed by atoms with Crippen LogP contribution >= 0.6 is 0 Å². The fourth-order valence-corrected chi connectivity index (χ4v) is 2.36. The Bertz CT molecular complexity index is 587. The fourth-order valence-electron chi connectivity index (χ4n) is 2.36. The van der Waals surface area contributed by atoms with Crippen molar-refractivity contribution in [2.45, 2.75) is 39.3 Å². The van der Waals surface area contributed by atoms with E-state index in [-0.39, 0.29) is 0 Å². The maximum absolute atomic E-state index is 9.79. The van der Waals surface area contributed by atoms with Crippen LogP contribution in [0.15, 0.2) is 28.8 Å². The first-order valence-electron chi connectivity index (χ1n) is 7.10. The number of likely N-dealkylation sites (N-methyl/N-ethyl adjacent to an activating group) is 1. The molecular weight excluding hydrogens is 266 g/mol. The number of aliphatic hydroxyl groups is 1. The van der Waals surface area contributed by atoms with Crippen LogP contribution in [0.25, 0.3) is 0 Å². The minimum absolute atomic E-state index is 0.550. The Hall–Kier alpha value is -1.72. The minimum Gasteiger partial charge on any atom is -0.389 e. The molecule has 0 saturated heterocycles. The molecule has 0 aliphatic carbocycles. The van der Waals surface area contributed by atoms with Gasteiger partial charge in [0.15, 0.2) is 5.82 Å². The first-order chi connectivity index (χ1) is 9.83. The SMILES string of the molecule is Cc1ccccc1Cc1nc(CN(C)CC(C)(C)O)no1. The van der Waals surface area contributed by atoms with Gasteiger partial charge < -0.3 is 9.63 Å². The Labute approximate surface area is 125 Å². The molecule has 5 nitrogen and oxygen atoms in total. The minimum atomic E-state index is -0.734. The lowest BCUT2D eigenvalue weighted by Crippen LogP contribution is -2.36. The lowest BCUT2D eigenvalue weighted by Gasteiger charge is -2.24. The molecule has 1 N–H and O–H groups in total. The van der Waals surface area contributed by atoms with Crippen LogP contribution < -0.4 is 0 Å². The van der Waals surface area contributed by atoms with Gasteiger partial charge in [-0.3, -0.25) is 4.90 Å². The van der Waals surface area contributed by atoms with Crippen molar-refractivity contribution >= 4 is 0 Å². The van der Waals surface area contributed by atoms with Gasteiger partial charge >= 0.3 is 0 Å². The van der Waals surface area contributed by atoms with E-state index in [4.69, 9.17) is 4.52 Å². The topological polar surface area (TPSA) is 62.4 Å². The van der Waals surface area contributed by atoms with E-state index in [1.54, 1.807) is 13.8 Å². The van der Waals surface area contributed by atoms with Crippen molar-refractivity contribution < 1.29 is 9.63 Å². The van der Waals surface area contributed by atoms with Crippen LogP contribution in [-0.4, -0.2) is 39.3 Å².